The fourth-order valence-corrected chi connectivity index (χ4v) is 3.02. The first kappa shape index (κ1) is 26.4. The maximum atomic E-state index is 5.70. The molecule has 0 aromatic heterocycles. The molecule has 0 saturated carbocycles. The zero-order chi connectivity index (χ0) is 19.7. The minimum absolute atomic E-state index is 0.916. The number of hydrogen-bond acceptors (Lipinski definition) is 2. The van der Waals surface area contributed by atoms with Crippen molar-refractivity contribution in [3.8, 4) is 0 Å². The van der Waals surface area contributed by atoms with Crippen LogP contribution in [0.5, 0.6) is 0 Å². The summed E-state index contributed by atoms with van der Waals surface area (Å²) in [7, 11) is 0. The molecule has 0 aliphatic carbocycles. The standard InChI is InChI=1S/C25H49NO/c1-3-5-7-8-9-10-11-12-13-14-15-16-17-18-19-20-24-27-25-21-23-26-22-6-4-2/h9-10,12-13,26H,3-8,11,14-25H2,1-2H3/b10-9-,13-12-. The molecular formula is C25H49NO. The van der Waals surface area contributed by atoms with E-state index in [1.165, 1.54) is 83.5 Å². The molecule has 0 heterocycles. The second-order valence-corrected chi connectivity index (χ2v) is 7.65. The molecule has 0 fully saturated rings. The molecule has 0 aliphatic heterocycles. The zero-order valence-corrected chi connectivity index (χ0v) is 18.7. The summed E-state index contributed by atoms with van der Waals surface area (Å²) >= 11 is 0. The van der Waals surface area contributed by atoms with Crippen LogP contribution in [0.3, 0.4) is 0 Å². The van der Waals surface area contributed by atoms with Gasteiger partial charge in [-0.2, -0.15) is 0 Å². The van der Waals surface area contributed by atoms with Crippen LogP contribution >= 0.6 is 0 Å². The van der Waals surface area contributed by atoms with Crippen LogP contribution in [0, 0.1) is 0 Å². The monoisotopic (exact) mass is 379 g/mol. The zero-order valence-electron chi connectivity index (χ0n) is 18.7. The lowest BCUT2D eigenvalue weighted by Gasteiger charge is -2.05. The van der Waals surface area contributed by atoms with Crippen molar-refractivity contribution >= 4 is 0 Å². The Hall–Kier alpha value is -0.600. The largest absolute Gasteiger partial charge is 0.381 e. The lowest BCUT2D eigenvalue weighted by molar-refractivity contribution is 0.127. The highest BCUT2D eigenvalue weighted by atomic mass is 16.5. The SMILES string of the molecule is CCCCC/C=C\C/C=C\CCCCCCCCOCCCNCCCC. The Balaban J connectivity index is 3.09. The first-order chi connectivity index (χ1) is 13.4. The van der Waals surface area contributed by atoms with Gasteiger partial charge in [0.15, 0.2) is 0 Å². The summed E-state index contributed by atoms with van der Waals surface area (Å²) in [5.74, 6) is 0. The molecule has 0 spiro atoms. The van der Waals surface area contributed by atoms with Gasteiger partial charge in [-0.25, -0.2) is 0 Å². The fraction of sp³-hybridized carbons (Fsp3) is 0.840. The van der Waals surface area contributed by atoms with Crippen LogP contribution in [0.15, 0.2) is 24.3 Å². The molecule has 1 N–H and O–H groups in total. The molecule has 27 heavy (non-hydrogen) atoms. The van der Waals surface area contributed by atoms with E-state index in [0.29, 0.717) is 0 Å². The van der Waals surface area contributed by atoms with Gasteiger partial charge in [-0.05, 0) is 64.5 Å². The number of ether oxygens (including phenoxy) is 1. The van der Waals surface area contributed by atoms with E-state index >= 15 is 0 Å². The van der Waals surface area contributed by atoms with Crippen LogP contribution in [0.25, 0.3) is 0 Å². The van der Waals surface area contributed by atoms with Crippen molar-refractivity contribution in [2.45, 2.75) is 110 Å². The summed E-state index contributed by atoms with van der Waals surface area (Å²) in [6.07, 6.45) is 28.7. The van der Waals surface area contributed by atoms with Crippen molar-refractivity contribution in [3.63, 3.8) is 0 Å². The van der Waals surface area contributed by atoms with E-state index in [9.17, 15) is 0 Å². The van der Waals surface area contributed by atoms with Crippen molar-refractivity contribution in [3.05, 3.63) is 24.3 Å². The van der Waals surface area contributed by atoms with Gasteiger partial charge in [-0.15, -0.1) is 0 Å². The molecule has 160 valence electrons. The van der Waals surface area contributed by atoms with E-state index in [0.717, 1.165) is 39.1 Å². The van der Waals surface area contributed by atoms with E-state index in [1.807, 2.05) is 0 Å². The second-order valence-electron chi connectivity index (χ2n) is 7.65. The molecule has 0 aromatic rings. The molecule has 0 atom stereocenters. The van der Waals surface area contributed by atoms with E-state index in [-0.39, 0.29) is 0 Å². The molecule has 0 aromatic carbocycles. The first-order valence-electron chi connectivity index (χ1n) is 12.0. The topological polar surface area (TPSA) is 21.3 Å². The quantitative estimate of drug-likeness (QED) is 0.154. The Kier molecular flexibility index (Phi) is 24.8. The molecule has 0 radical (unpaired) electrons. The van der Waals surface area contributed by atoms with Crippen LogP contribution in [0.1, 0.15) is 110 Å². The Labute approximate surface area is 171 Å². The predicted molar refractivity (Wildman–Crippen MR) is 123 cm³/mol. The normalized spacial score (nSPS) is 11.9. The molecule has 0 saturated heterocycles. The average Bonchev–Trinajstić information content (AvgIpc) is 2.68. The second kappa shape index (κ2) is 25.4. The number of nitrogens with one attached hydrogen (secondary N) is 1. The van der Waals surface area contributed by atoms with Crippen LogP contribution in [-0.4, -0.2) is 26.3 Å². The van der Waals surface area contributed by atoms with Crippen molar-refractivity contribution < 1.29 is 4.74 Å². The lowest BCUT2D eigenvalue weighted by Crippen LogP contribution is -2.18. The Morgan fingerprint density at radius 2 is 1.11 bits per heavy atom. The number of hydrogen-bond donors (Lipinski definition) is 1. The third kappa shape index (κ3) is 25.4. The third-order valence-corrected chi connectivity index (χ3v) is 4.84. The number of allylic oxidation sites excluding steroid dienone is 4. The maximum absolute atomic E-state index is 5.70. The van der Waals surface area contributed by atoms with Crippen LogP contribution in [0.2, 0.25) is 0 Å². The summed E-state index contributed by atoms with van der Waals surface area (Å²) in [5.41, 5.74) is 0. The van der Waals surface area contributed by atoms with E-state index in [1.54, 1.807) is 0 Å². The van der Waals surface area contributed by atoms with Crippen LogP contribution < -0.4 is 5.32 Å². The van der Waals surface area contributed by atoms with Crippen LogP contribution in [0.4, 0.5) is 0 Å². The summed E-state index contributed by atoms with van der Waals surface area (Å²) < 4.78 is 5.70. The van der Waals surface area contributed by atoms with Gasteiger partial charge in [-0.1, -0.05) is 83.1 Å². The van der Waals surface area contributed by atoms with E-state index < -0.39 is 0 Å². The summed E-state index contributed by atoms with van der Waals surface area (Å²) in [4.78, 5) is 0. The first-order valence-corrected chi connectivity index (χ1v) is 12.0. The molecule has 0 unspecified atom stereocenters. The van der Waals surface area contributed by atoms with Crippen molar-refractivity contribution in [2.75, 3.05) is 26.3 Å². The van der Waals surface area contributed by atoms with Crippen molar-refractivity contribution in [2.24, 2.45) is 0 Å². The highest BCUT2D eigenvalue weighted by Gasteiger charge is 1.93. The molecule has 0 rings (SSSR count). The molecule has 0 amide bonds. The van der Waals surface area contributed by atoms with Crippen molar-refractivity contribution in [1.82, 2.24) is 5.32 Å². The molecule has 0 bridgehead atoms. The molecule has 2 nitrogen and oxygen atoms in total. The van der Waals surface area contributed by atoms with Gasteiger partial charge in [0, 0.05) is 13.2 Å². The smallest absolute Gasteiger partial charge is 0.0478 e. The van der Waals surface area contributed by atoms with Gasteiger partial charge in [0.05, 0.1) is 0 Å². The molecular weight excluding hydrogens is 330 g/mol. The summed E-state index contributed by atoms with van der Waals surface area (Å²) in [5, 5.41) is 3.46. The van der Waals surface area contributed by atoms with Gasteiger partial charge < -0.3 is 10.1 Å². The van der Waals surface area contributed by atoms with Gasteiger partial charge in [-0.3, -0.25) is 0 Å². The Bertz CT molecular complexity index is 311. The van der Waals surface area contributed by atoms with Crippen LogP contribution in [-0.2, 0) is 4.74 Å². The van der Waals surface area contributed by atoms with Crippen molar-refractivity contribution in [1.29, 1.82) is 0 Å². The highest BCUT2D eigenvalue weighted by molar-refractivity contribution is 4.92. The minimum Gasteiger partial charge on any atom is -0.381 e. The van der Waals surface area contributed by atoms with E-state index in [2.05, 4.69) is 43.5 Å². The lowest BCUT2D eigenvalue weighted by atomic mass is 10.1. The number of rotatable bonds is 22. The van der Waals surface area contributed by atoms with Gasteiger partial charge in [0.2, 0.25) is 0 Å². The third-order valence-electron chi connectivity index (χ3n) is 4.84. The fourth-order valence-electron chi connectivity index (χ4n) is 3.02. The number of unbranched alkanes of at least 4 members (excludes halogenated alkanes) is 10. The molecule has 0 aliphatic rings. The van der Waals surface area contributed by atoms with Gasteiger partial charge >= 0.3 is 0 Å². The maximum Gasteiger partial charge on any atom is 0.0478 e. The van der Waals surface area contributed by atoms with E-state index in [4.69, 9.17) is 4.74 Å². The predicted octanol–water partition coefficient (Wildman–Crippen LogP) is 7.60. The molecule has 2 heteroatoms. The van der Waals surface area contributed by atoms with Gasteiger partial charge in [0.25, 0.3) is 0 Å². The Morgan fingerprint density at radius 1 is 0.556 bits per heavy atom. The summed E-state index contributed by atoms with van der Waals surface area (Å²) in [6.45, 7) is 8.61. The van der Waals surface area contributed by atoms with Gasteiger partial charge in [0.1, 0.15) is 0 Å². The highest BCUT2D eigenvalue weighted by Crippen LogP contribution is 2.08. The Morgan fingerprint density at radius 3 is 1.81 bits per heavy atom. The summed E-state index contributed by atoms with van der Waals surface area (Å²) in [6, 6.07) is 0. The minimum atomic E-state index is 0.916. The average molecular weight is 380 g/mol.